The molecule has 1 heterocycles. The van der Waals surface area contributed by atoms with E-state index in [2.05, 4.69) is 34.6 Å². The van der Waals surface area contributed by atoms with Crippen molar-refractivity contribution in [2.75, 3.05) is 11.9 Å². The number of carbonyl (C=O) groups excluding carboxylic acids is 1. The molecule has 1 amide bonds. The Kier molecular flexibility index (Phi) is 5.28. The van der Waals surface area contributed by atoms with Gasteiger partial charge in [-0.2, -0.15) is 0 Å². The maximum atomic E-state index is 12.2. The number of aromatic nitrogens is 1. The third-order valence-electron chi connectivity index (χ3n) is 4.30. The van der Waals surface area contributed by atoms with Crippen molar-refractivity contribution in [3.8, 4) is 17.0 Å². The van der Waals surface area contributed by atoms with Crippen molar-refractivity contribution in [1.29, 1.82) is 0 Å². The van der Waals surface area contributed by atoms with Crippen molar-refractivity contribution in [3.63, 3.8) is 0 Å². The number of halogens is 1. The van der Waals surface area contributed by atoms with E-state index in [1.165, 1.54) is 16.7 Å². The van der Waals surface area contributed by atoms with E-state index in [0.717, 1.165) is 22.2 Å². The average molecular weight is 409 g/mol. The smallest absolute Gasteiger partial charge is 0.264 e. The number of benzene rings is 3. The number of hydrogen-bond donors (Lipinski definition) is 1. The summed E-state index contributed by atoms with van der Waals surface area (Å²) in [7, 11) is 0. The highest BCUT2D eigenvalue weighted by molar-refractivity contribution is 7.14. The first kappa shape index (κ1) is 18.5. The standard InChI is InChI=1S/C22H17ClN2O2S/c1-14-10-18(8-9-19(14)23)27-12-21(26)25-22-24-20(13-28-22)17-7-6-15-4-2-3-5-16(15)11-17/h2-11,13H,12H2,1H3,(H,24,25,26). The maximum Gasteiger partial charge on any atom is 0.264 e. The lowest BCUT2D eigenvalue weighted by molar-refractivity contribution is -0.118. The van der Waals surface area contributed by atoms with Crippen LogP contribution in [-0.2, 0) is 4.79 Å². The fourth-order valence-electron chi connectivity index (χ4n) is 2.82. The van der Waals surface area contributed by atoms with Crippen LogP contribution in [0.25, 0.3) is 22.0 Å². The Hall–Kier alpha value is -2.89. The van der Waals surface area contributed by atoms with Crippen molar-refractivity contribution in [1.82, 2.24) is 4.98 Å². The topological polar surface area (TPSA) is 51.2 Å². The number of amides is 1. The number of thiazole rings is 1. The van der Waals surface area contributed by atoms with Crippen LogP contribution in [0, 0.1) is 6.92 Å². The van der Waals surface area contributed by atoms with E-state index in [4.69, 9.17) is 16.3 Å². The van der Waals surface area contributed by atoms with Gasteiger partial charge in [0, 0.05) is 16.0 Å². The molecule has 3 aromatic carbocycles. The largest absolute Gasteiger partial charge is 0.484 e. The number of hydrogen-bond acceptors (Lipinski definition) is 4. The molecule has 0 saturated carbocycles. The molecule has 0 atom stereocenters. The van der Waals surface area contributed by atoms with Gasteiger partial charge in [0.25, 0.3) is 5.91 Å². The Balaban J connectivity index is 1.40. The van der Waals surface area contributed by atoms with E-state index >= 15 is 0 Å². The van der Waals surface area contributed by atoms with E-state index in [1.54, 1.807) is 18.2 Å². The minimum atomic E-state index is -0.257. The fraction of sp³-hybridized carbons (Fsp3) is 0.0909. The zero-order chi connectivity index (χ0) is 19.5. The first-order valence-corrected chi connectivity index (χ1v) is 9.98. The lowest BCUT2D eigenvalue weighted by atomic mass is 10.1. The predicted molar refractivity (Wildman–Crippen MR) is 115 cm³/mol. The molecule has 6 heteroatoms. The fourth-order valence-corrected chi connectivity index (χ4v) is 3.68. The number of rotatable bonds is 5. The Morgan fingerprint density at radius 2 is 1.93 bits per heavy atom. The van der Waals surface area contributed by atoms with E-state index in [9.17, 15) is 4.79 Å². The summed E-state index contributed by atoms with van der Waals surface area (Å²) in [6.45, 7) is 1.80. The Morgan fingerprint density at radius 1 is 1.11 bits per heavy atom. The molecule has 0 saturated heterocycles. The molecule has 1 aromatic heterocycles. The van der Waals surface area contributed by atoms with Crippen molar-refractivity contribution in [2.24, 2.45) is 0 Å². The number of carbonyl (C=O) groups is 1. The van der Waals surface area contributed by atoms with Gasteiger partial charge in [-0.3, -0.25) is 10.1 Å². The second-order valence-electron chi connectivity index (χ2n) is 6.35. The summed E-state index contributed by atoms with van der Waals surface area (Å²) in [5, 5.41) is 8.27. The number of ether oxygens (including phenoxy) is 1. The summed E-state index contributed by atoms with van der Waals surface area (Å²) in [6, 6.07) is 19.7. The summed E-state index contributed by atoms with van der Waals surface area (Å²) < 4.78 is 5.52. The van der Waals surface area contributed by atoms with Crippen molar-refractivity contribution in [2.45, 2.75) is 6.92 Å². The van der Waals surface area contributed by atoms with Crippen molar-refractivity contribution in [3.05, 3.63) is 76.6 Å². The quantitative estimate of drug-likeness (QED) is 0.444. The number of fused-ring (bicyclic) bond motifs is 1. The highest BCUT2D eigenvalue weighted by Crippen LogP contribution is 2.28. The van der Waals surface area contributed by atoms with Crippen molar-refractivity contribution < 1.29 is 9.53 Å². The summed E-state index contributed by atoms with van der Waals surface area (Å²) in [6.07, 6.45) is 0. The third kappa shape index (κ3) is 4.16. The van der Waals surface area contributed by atoms with E-state index < -0.39 is 0 Å². The molecule has 0 radical (unpaired) electrons. The van der Waals surface area contributed by atoms with Crippen LogP contribution in [0.1, 0.15) is 5.56 Å². The molecule has 28 heavy (non-hydrogen) atoms. The van der Waals surface area contributed by atoms with Crippen molar-refractivity contribution >= 4 is 44.7 Å². The third-order valence-corrected chi connectivity index (χ3v) is 5.48. The Bertz CT molecular complexity index is 1160. The van der Waals surface area contributed by atoms with Gasteiger partial charge in [-0.15, -0.1) is 11.3 Å². The average Bonchev–Trinajstić information content (AvgIpc) is 3.17. The van der Waals surface area contributed by atoms with Gasteiger partial charge in [0.1, 0.15) is 5.75 Å². The second kappa shape index (κ2) is 8.00. The lowest BCUT2D eigenvalue weighted by Gasteiger charge is -2.07. The first-order chi connectivity index (χ1) is 13.6. The molecule has 4 nitrogen and oxygen atoms in total. The highest BCUT2D eigenvalue weighted by Gasteiger charge is 2.10. The van der Waals surface area contributed by atoms with Gasteiger partial charge < -0.3 is 4.74 Å². The summed E-state index contributed by atoms with van der Waals surface area (Å²) in [4.78, 5) is 16.7. The van der Waals surface area contributed by atoms with Gasteiger partial charge in [0.2, 0.25) is 0 Å². The van der Waals surface area contributed by atoms with Crippen LogP contribution < -0.4 is 10.1 Å². The molecule has 140 valence electrons. The van der Waals surface area contributed by atoms with Gasteiger partial charge in [-0.25, -0.2) is 4.98 Å². The van der Waals surface area contributed by atoms with E-state index in [-0.39, 0.29) is 12.5 Å². The minimum Gasteiger partial charge on any atom is -0.484 e. The summed E-state index contributed by atoms with van der Waals surface area (Å²) in [5.41, 5.74) is 2.75. The maximum absolute atomic E-state index is 12.2. The van der Waals surface area contributed by atoms with Gasteiger partial charge in [-0.1, -0.05) is 48.0 Å². The molecule has 0 spiro atoms. The molecule has 0 aliphatic rings. The van der Waals surface area contributed by atoms with Crippen LogP contribution in [0.2, 0.25) is 5.02 Å². The number of aryl methyl sites for hydroxylation is 1. The van der Waals surface area contributed by atoms with Crippen LogP contribution in [0.4, 0.5) is 5.13 Å². The second-order valence-corrected chi connectivity index (χ2v) is 7.61. The molecule has 4 aromatic rings. The first-order valence-electron chi connectivity index (χ1n) is 8.72. The molecule has 0 aliphatic carbocycles. The highest BCUT2D eigenvalue weighted by atomic mass is 35.5. The van der Waals surface area contributed by atoms with Gasteiger partial charge in [-0.05, 0) is 47.5 Å². The van der Waals surface area contributed by atoms with Gasteiger partial charge in [0.05, 0.1) is 5.69 Å². The Morgan fingerprint density at radius 3 is 2.75 bits per heavy atom. The zero-order valence-corrected chi connectivity index (χ0v) is 16.7. The summed E-state index contributed by atoms with van der Waals surface area (Å²) >= 11 is 7.38. The zero-order valence-electron chi connectivity index (χ0n) is 15.1. The monoisotopic (exact) mass is 408 g/mol. The normalized spacial score (nSPS) is 10.8. The van der Waals surface area contributed by atoms with Gasteiger partial charge in [0.15, 0.2) is 11.7 Å². The van der Waals surface area contributed by atoms with Crippen LogP contribution in [0.5, 0.6) is 5.75 Å². The molecule has 4 rings (SSSR count). The van der Waals surface area contributed by atoms with Crippen LogP contribution in [-0.4, -0.2) is 17.5 Å². The molecule has 1 N–H and O–H groups in total. The van der Waals surface area contributed by atoms with Crippen LogP contribution in [0.15, 0.2) is 66.0 Å². The van der Waals surface area contributed by atoms with E-state index in [0.29, 0.717) is 15.9 Å². The van der Waals surface area contributed by atoms with Crippen LogP contribution in [0.3, 0.4) is 0 Å². The number of nitrogens with one attached hydrogen (secondary N) is 1. The molecule has 0 bridgehead atoms. The van der Waals surface area contributed by atoms with Gasteiger partial charge >= 0.3 is 0 Å². The number of nitrogens with zero attached hydrogens (tertiary/aromatic N) is 1. The molecular weight excluding hydrogens is 392 g/mol. The minimum absolute atomic E-state index is 0.0913. The molecule has 0 fully saturated rings. The van der Waals surface area contributed by atoms with E-state index in [1.807, 2.05) is 30.5 Å². The number of anilines is 1. The SMILES string of the molecule is Cc1cc(OCC(=O)Nc2nc(-c3ccc4ccccc4c3)cs2)ccc1Cl. The Labute approximate surface area is 171 Å². The molecule has 0 unspecified atom stereocenters. The molecule has 0 aliphatic heterocycles. The molecular formula is C22H17ClN2O2S. The van der Waals surface area contributed by atoms with Crippen LogP contribution >= 0.6 is 22.9 Å². The predicted octanol–water partition coefficient (Wildman–Crippen LogP) is 5.94. The lowest BCUT2D eigenvalue weighted by Crippen LogP contribution is -2.20. The summed E-state index contributed by atoms with van der Waals surface area (Å²) in [5.74, 6) is 0.347.